The molecule has 0 saturated carbocycles. The number of hydrogen-bond donors (Lipinski definition) is 1. The minimum absolute atomic E-state index is 0.0188. The van der Waals surface area contributed by atoms with Crippen molar-refractivity contribution < 1.29 is 22.8 Å². The number of hydrogen-bond acceptors (Lipinski definition) is 4. The van der Waals surface area contributed by atoms with Crippen molar-refractivity contribution in [2.24, 2.45) is 0 Å². The van der Waals surface area contributed by atoms with E-state index in [9.17, 15) is 23.3 Å². The van der Waals surface area contributed by atoms with E-state index >= 15 is 0 Å². The van der Waals surface area contributed by atoms with Gasteiger partial charge >= 0.3 is 6.18 Å². The molecule has 0 amide bonds. The maximum atomic E-state index is 12.2. The Balaban J connectivity index is 2.97. The third-order valence-corrected chi connectivity index (χ3v) is 2.46. The molecule has 0 aromatic heterocycles. The summed E-state index contributed by atoms with van der Waals surface area (Å²) in [4.78, 5) is 10.1. The van der Waals surface area contributed by atoms with Crippen molar-refractivity contribution in [2.45, 2.75) is 39.0 Å². The first-order chi connectivity index (χ1) is 9.48. The molecule has 0 bridgehead atoms. The molecule has 0 unspecified atom stereocenters. The lowest BCUT2D eigenvalue weighted by atomic mass is 10.1. The normalized spacial score (nSPS) is 12.3. The average molecular weight is 306 g/mol. The molecule has 8 heteroatoms. The van der Waals surface area contributed by atoms with E-state index in [0.717, 1.165) is 6.07 Å². The van der Waals surface area contributed by atoms with Gasteiger partial charge in [0.2, 0.25) is 0 Å². The van der Waals surface area contributed by atoms with Crippen LogP contribution in [-0.2, 0) is 6.54 Å². The van der Waals surface area contributed by atoms with E-state index < -0.39 is 17.7 Å². The third kappa shape index (κ3) is 6.44. The van der Waals surface area contributed by atoms with Crippen LogP contribution in [0.5, 0.6) is 5.75 Å². The molecule has 21 heavy (non-hydrogen) atoms. The van der Waals surface area contributed by atoms with Crippen LogP contribution in [0.15, 0.2) is 18.2 Å². The zero-order valence-corrected chi connectivity index (χ0v) is 12.0. The zero-order valence-electron chi connectivity index (χ0n) is 12.0. The summed E-state index contributed by atoms with van der Waals surface area (Å²) in [6, 6.07) is 3.51. The topological polar surface area (TPSA) is 64.4 Å². The van der Waals surface area contributed by atoms with Gasteiger partial charge in [0.1, 0.15) is 5.75 Å². The smallest absolute Gasteiger partial charge is 0.422 e. The molecule has 0 saturated heterocycles. The van der Waals surface area contributed by atoms with Gasteiger partial charge in [0.15, 0.2) is 6.61 Å². The number of nitro groups is 1. The first kappa shape index (κ1) is 17.2. The molecule has 0 spiro atoms. The molecule has 0 aliphatic rings. The van der Waals surface area contributed by atoms with E-state index in [1.807, 2.05) is 20.8 Å². The Morgan fingerprint density at radius 3 is 2.38 bits per heavy atom. The van der Waals surface area contributed by atoms with Crippen LogP contribution in [0.25, 0.3) is 0 Å². The Hall–Kier alpha value is -1.83. The van der Waals surface area contributed by atoms with E-state index in [4.69, 9.17) is 4.74 Å². The van der Waals surface area contributed by atoms with Crippen molar-refractivity contribution in [3.8, 4) is 5.75 Å². The molecule has 1 aromatic rings. The molecule has 5 nitrogen and oxygen atoms in total. The third-order valence-electron chi connectivity index (χ3n) is 2.46. The summed E-state index contributed by atoms with van der Waals surface area (Å²) in [7, 11) is 0. The van der Waals surface area contributed by atoms with Crippen molar-refractivity contribution in [1.82, 2.24) is 5.32 Å². The summed E-state index contributed by atoms with van der Waals surface area (Å²) in [6.45, 7) is 4.35. The first-order valence-corrected chi connectivity index (χ1v) is 6.20. The van der Waals surface area contributed by atoms with Crippen LogP contribution < -0.4 is 10.1 Å². The number of alkyl halides is 3. The molecule has 0 heterocycles. The van der Waals surface area contributed by atoms with Gasteiger partial charge in [-0.15, -0.1) is 0 Å². The fourth-order valence-electron chi connectivity index (χ4n) is 1.48. The minimum atomic E-state index is -4.46. The van der Waals surface area contributed by atoms with Gasteiger partial charge in [-0.1, -0.05) is 0 Å². The highest BCUT2D eigenvalue weighted by Gasteiger charge is 2.29. The van der Waals surface area contributed by atoms with Gasteiger partial charge in [0, 0.05) is 29.8 Å². The average Bonchev–Trinajstić information content (AvgIpc) is 2.32. The Morgan fingerprint density at radius 2 is 1.90 bits per heavy atom. The zero-order chi connectivity index (χ0) is 16.3. The van der Waals surface area contributed by atoms with E-state index in [1.165, 1.54) is 12.1 Å². The summed E-state index contributed by atoms with van der Waals surface area (Å²) in [5.41, 5.74) is -0.171. The molecule has 0 aliphatic carbocycles. The molecular weight excluding hydrogens is 289 g/mol. The lowest BCUT2D eigenvalue weighted by Gasteiger charge is -2.21. The number of nitrogens with one attached hydrogen (secondary N) is 1. The van der Waals surface area contributed by atoms with Crippen molar-refractivity contribution in [1.29, 1.82) is 0 Å². The van der Waals surface area contributed by atoms with Gasteiger partial charge < -0.3 is 10.1 Å². The van der Waals surface area contributed by atoms with Crippen LogP contribution in [0, 0.1) is 10.1 Å². The van der Waals surface area contributed by atoms with Crippen LogP contribution in [-0.4, -0.2) is 23.2 Å². The standard InChI is InChI=1S/C13H17F3N2O3/c1-12(2,3)17-7-9-6-10(18(19)20)4-5-11(9)21-8-13(14,15)16/h4-6,17H,7-8H2,1-3H3. The van der Waals surface area contributed by atoms with Crippen molar-refractivity contribution in [2.75, 3.05) is 6.61 Å². The number of ether oxygens (including phenoxy) is 1. The summed E-state index contributed by atoms with van der Waals surface area (Å²) in [5.74, 6) is -0.0188. The van der Waals surface area contributed by atoms with Crippen LogP contribution in [0.3, 0.4) is 0 Å². The Labute approximate surface area is 120 Å². The highest BCUT2D eigenvalue weighted by molar-refractivity contribution is 5.43. The monoisotopic (exact) mass is 306 g/mol. The van der Waals surface area contributed by atoms with E-state index in [2.05, 4.69) is 5.32 Å². The highest BCUT2D eigenvalue weighted by atomic mass is 19.4. The Kier molecular flexibility index (Phi) is 5.16. The van der Waals surface area contributed by atoms with Crippen LogP contribution in [0.2, 0.25) is 0 Å². The first-order valence-electron chi connectivity index (χ1n) is 6.20. The molecule has 0 radical (unpaired) electrons. The molecule has 0 fully saturated rings. The summed E-state index contributed by atoms with van der Waals surface area (Å²) in [5, 5.41) is 13.8. The largest absolute Gasteiger partial charge is 0.484 e. The van der Waals surface area contributed by atoms with Crippen molar-refractivity contribution in [3.63, 3.8) is 0 Å². The van der Waals surface area contributed by atoms with E-state index in [1.54, 1.807) is 0 Å². The highest BCUT2D eigenvalue weighted by Crippen LogP contribution is 2.26. The second-order valence-electron chi connectivity index (χ2n) is 5.56. The lowest BCUT2D eigenvalue weighted by Crippen LogP contribution is -2.35. The van der Waals surface area contributed by atoms with E-state index in [0.29, 0.717) is 5.56 Å². The van der Waals surface area contributed by atoms with Gasteiger partial charge in [-0.05, 0) is 26.8 Å². The number of non-ortho nitro benzene ring substituents is 1. The molecular formula is C13H17F3N2O3. The summed E-state index contributed by atoms with van der Waals surface area (Å²) >= 11 is 0. The fraction of sp³-hybridized carbons (Fsp3) is 0.538. The number of nitro benzene ring substituents is 1. The molecule has 0 atom stereocenters. The predicted molar refractivity (Wildman–Crippen MR) is 71.2 cm³/mol. The SMILES string of the molecule is CC(C)(C)NCc1cc([N+](=O)[O-])ccc1OCC(F)(F)F. The Bertz CT molecular complexity index is 510. The van der Waals surface area contributed by atoms with Gasteiger partial charge in [0.25, 0.3) is 5.69 Å². The number of halogens is 3. The van der Waals surface area contributed by atoms with Crippen LogP contribution in [0.1, 0.15) is 26.3 Å². The molecule has 0 aliphatic heterocycles. The van der Waals surface area contributed by atoms with Crippen LogP contribution in [0.4, 0.5) is 18.9 Å². The number of rotatable bonds is 5. The van der Waals surface area contributed by atoms with Gasteiger partial charge in [0.05, 0.1) is 4.92 Å². The quantitative estimate of drug-likeness (QED) is 0.668. The van der Waals surface area contributed by atoms with Crippen LogP contribution >= 0.6 is 0 Å². The van der Waals surface area contributed by atoms with Gasteiger partial charge in [-0.25, -0.2) is 0 Å². The lowest BCUT2D eigenvalue weighted by molar-refractivity contribution is -0.384. The molecule has 1 N–H and O–H groups in total. The summed E-state index contributed by atoms with van der Waals surface area (Å²) < 4.78 is 41.3. The molecule has 1 aromatic carbocycles. The molecule has 1 rings (SSSR count). The van der Waals surface area contributed by atoms with Gasteiger partial charge in [-0.2, -0.15) is 13.2 Å². The maximum Gasteiger partial charge on any atom is 0.422 e. The van der Waals surface area contributed by atoms with Crippen molar-refractivity contribution >= 4 is 5.69 Å². The Morgan fingerprint density at radius 1 is 1.29 bits per heavy atom. The summed E-state index contributed by atoms with van der Waals surface area (Å²) in [6.07, 6.45) is -4.46. The fourth-order valence-corrected chi connectivity index (χ4v) is 1.48. The van der Waals surface area contributed by atoms with Crippen molar-refractivity contribution in [3.05, 3.63) is 33.9 Å². The van der Waals surface area contributed by atoms with Gasteiger partial charge in [-0.3, -0.25) is 10.1 Å². The number of benzene rings is 1. The number of nitrogens with zero attached hydrogens (tertiary/aromatic N) is 1. The maximum absolute atomic E-state index is 12.2. The van der Waals surface area contributed by atoms with E-state index in [-0.39, 0.29) is 23.5 Å². The minimum Gasteiger partial charge on any atom is -0.484 e. The second kappa shape index (κ2) is 6.30. The second-order valence-corrected chi connectivity index (χ2v) is 5.56. The molecule has 118 valence electrons. The predicted octanol–water partition coefficient (Wildman–Crippen LogP) is 3.42.